The minimum atomic E-state index is 0. The van der Waals surface area contributed by atoms with Crippen molar-refractivity contribution in [1.29, 1.82) is 0 Å². The Morgan fingerprint density at radius 3 is 2.87 bits per heavy atom. The first-order valence-electron chi connectivity index (χ1n) is 4.42. The van der Waals surface area contributed by atoms with Gasteiger partial charge in [0, 0.05) is 23.7 Å². The molecule has 84 valence electrons. The molecule has 0 aliphatic carbocycles. The van der Waals surface area contributed by atoms with Crippen LogP contribution in [0.15, 0.2) is 30.9 Å². The van der Waals surface area contributed by atoms with Crippen molar-refractivity contribution in [2.75, 3.05) is 13.7 Å². The van der Waals surface area contributed by atoms with Crippen molar-refractivity contribution in [3.05, 3.63) is 41.4 Å². The Bertz CT molecular complexity index is 315. The van der Waals surface area contributed by atoms with E-state index in [0.717, 1.165) is 29.4 Å². The van der Waals surface area contributed by atoms with E-state index in [1.54, 1.807) is 7.11 Å². The Kier molecular flexibility index (Phi) is 7.22. The minimum Gasteiger partial charge on any atom is -0.496 e. The van der Waals surface area contributed by atoms with Gasteiger partial charge in [-0.2, -0.15) is 0 Å². The van der Waals surface area contributed by atoms with Gasteiger partial charge in [-0.1, -0.05) is 17.7 Å². The van der Waals surface area contributed by atoms with Crippen molar-refractivity contribution in [2.45, 2.75) is 6.54 Å². The summed E-state index contributed by atoms with van der Waals surface area (Å²) in [6, 6.07) is 5.58. The predicted molar refractivity (Wildman–Crippen MR) is 67.2 cm³/mol. The van der Waals surface area contributed by atoms with Crippen LogP contribution >= 0.6 is 24.0 Å². The maximum absolute atomic E-state index is 5.88. The highest BCUT2D eigenvalue weighted by molar-refractivity contribution is 6.30. The molecule has 0 aliphatic rings. The number of nitrogens with one attached hydrogen (secondary N) is 1. The summed E-state index contributed by atoms with van der Waals surface area (Å²) in [6.45, 7) is 5.14. The molecule has 0 saturated heterocycles. The lowest BCUT2D eigenvalue weighted by Gasteiger charge is -2.08. The molecule has 15 heavy (non-hydrogen) atoms. The number of rotatable bonds is 5. The molecule has 0 bridgehead atoms. The zero-order chi connectivity index (χ0) is 10.4. The summed E-state index contributed by atoms with van der Waals surface area (Å²) in [5, 5.41) is 3.92. The quantitative estimate of drug-likeness (QED) is 0.638. The molecule has 4 heteroatoms. The van der Waals surface area contributed by atoms with Crippen LogP contribution in [0, 0.1) is 0 Å². The Labute approximate surface area is 102 Å². The smallest absolute Gasteiger partial charge is 0.123 e. The molecule has 0 heterocycles. The van der Waals surface area contributed by atoms with Gasteiger partial charge in [0.15, 0.2) is 0 Å². The van der Waals surface area contributed by atoms with Crippen LogP contribution < -0.4 is 10.1 Å². The summed E-state index contributed by atoms with van der Waals surface area (Å²) < 4.78 is 5.21. The Balaban J connectivity index is 0.00000196. The third kappa shape index (κ3) is 4.56. The summed E-state index contributed by atoms with van der Waals surface area (Å²) in [6.07, 6.45) is 1.82. The number of hydrogen-bond donors (Lipinski definition) is 1. The largest absolute Gasteiger partial charge is 0.496 e. The van der Waals surface area contributed by atoms with Crippen molar-refractivity contribution >= 4 is 24.0 Å². The Hall–Kier alpha value is -0.700. The molecule has 1 aromatic carbocycles. The van der Waals surface area contributed by atoms with Crippen LogP contribution in [0.3, 0.4) is 0 Å². The fraction of sp³-hybridized carbons (Fsp3) is 0.273. The zero-order valence-electron chi connectivity index (χ0n) is 8.63. The average molecular weight is 248 g/mol. The van der Waals surface area contributed by atoms with E-state index in [1.165, 1.54) is 0 Å². The van der Waals surface area contributed by atoms with Crippen LogP contribution in [-0.4, -0.2) is 13.7 Å². The highest BCUT2D eigenvalue weighted by Gasteiger charge is 2.02. The molecule has 2 nitrogen and oxygen atoms in total. The SMILES string of the molecule is C=CCNCc1cc(Cl)ccc1OC.Cl. The third-order valence-corrected chi connectivity index (χ3v) is 2.08. The normalized spacial score (nSPS) is 9.20. The van der Waals surface area contributed by atoms with E-state index >= 15 is 0 Å². The van der Waals surface area contributed by atoms with Crippen molar-refractivity contribution in [3.63, 3.8) is 0 Å². The van der Waals surface area contributed by atoms with Crippen molar-refractivity contribution in [2.24, 2.45) is 0 Å². The van der Waals surface area contributed by atoms with Gasteiger partial charge in [0.25, 0.3) is 0 Å². The van der Waals surface area contributed by atoms with E-state index in [9.17, 15) is 0 Å². The van der Waals surface area contributed by atoms with Crippen LogP contribution in [-0.2, 0) is 6.54 Å². The fourth-order valence-corrected chi connectivity index (χ4v) is 1.39. The van der Waals surface area contributed by atoms with E-state index in [-0.39, 0.29) is 12.4 Å². The summed E-state index contributed by atoms with van der Waals surface area (Å²) in [5.74, 6) is 0.853. The standard InChI is InChI=1S/C11H14ClNO.ClH/c1-3-6-13-8-9-7-10(12)4-5-11(9)14-2;/h3-5,7,13H,1,6,8H2,2H3;1H. The van der Waals surface area contributed by atoms with E-state index in [4.69, 9.17) is 16.3 Å². The lowest BCUT2D eigenvalue weighted by Crippen LogP contribution is -2.13. The minimum absolute atomic E-state index is 0. The van der Waals surface area contributed by atoms with E-state index in [2.05, 4.69) is 11.9 Å². The second kappa shape index (κ2) is 7.57. The number of halogens is 2. The molecular weight excluding hydrogens is 233 g/mol. The number of hydrogen-bond acceptors (Lipinski definition) is 2. The highest BCUT2D eigenvalue weighted by atomic mass is 35.5. The molecule has 0 radical (unpaired) electrons. The molecule has 0 aliphatic heterocycles. The molecule has 0 fully saturated rings. The maximum atomic E-state index is 5.88. The zero-order valence-corrected chi connectivity index (χ0v) is 10.2. The van der Waals surface area contributed by atoms with E-state index in [1.807, 2.05) is 24.3 Å². The first-order chi connectivity index (χ1) is 6.77. The van der Waals surface area contributed by atoms with Gasteiger partial charge in [-0.05, 0) is 18.2 Å². The van der Waals surface area contributed by atoms with Gasteiger partial charge in [0.1, 0.15) is 5.75 Å². The van der Waals surface area contributed by atoms with Gasteiger partial charge in [-0.3, -0.25) is 0 Å². The Morgan fingerprint density at radius 1 is 1.53 bits per heavy atom. The predicted octanol–water partition coefficient (Wildman–Crippen LogP) is 3.05. The summed E-state index contributed by atoms with van der Waals surface area (Å²) >= 11 is 5.88. The fourth-order valence-electron chi connectivity index (χ4n) is 1.19. The van der Waals surface area contributed by atoms with Crippen LogP contribution in [0.2, 0.25) is 5.02 Å². The molecule has 0 atom stereocenters. The van der Waals surface area contributed by atoms with Crippen molar-refractivity contribution in [1.82, 2.24) is 5.32 Å². The second-order valence-electron chi connectivity index (χ2n) is 2.88. The van der Waals surface area contributed by atoms with Crippen LogP contribution in [0.4, 0.5) is 0 Å². The monoisotopic (exact) mass is 247 g/mol. The lowest BCUT2D eigenvalue weighted by molar-refractivity contribution is 0.408. The maximum Gasteiger partial charge on any atom is 0.123 e. The van der Waals surface area contributed by atoms with Gasteiger partial charge in [0.05, 0.1) is 7.11 Å². The number of benzene rings is 1. The van der Waals surface area contributed by atoms with Crippen LogP contribution in [0.5, 0.6) is 5.75 Å². The molecule has 0 saturated carbocycles. The topological polar surface area (TPSA) is 21.3 Å². The third-order valence-electron chi connectivity index (χ3n) is 1.85. The summed E-state index contributed by atoms with van der Waals surface area (Å²) in [5.41, 5.74) is 1.06. The molecule has 0 unspecified atom stereocenters. The molecule has 1 N–H and O–H groups in total. The Morgan fingerprint density at radius 2 is 2.27 bits per heavy atom. The number of ether oxygens (including phenoxy) is 1. The lowest BCUT2D eigenvalue weighted by atomic mass is 10.2. The molecule has 0 amide bonds. The van der Waals surface area contributed by atoms with Crippen molar-refractivity contribution < 1.29 is 4.74 Å². The second-order valence-corrected chi connectivity index (χ2v) is 3.31. The van der Waals surface area contributed by atoms with Gasteiger partial charge >= 0.3 is 0 Å². The molecule has 1 rings (SSSR count). The van der Waals surface area contributed by atoms with Crippen molar-refractivity contribution in [3.8, 4) is 5.75 Å². The molecule has 0 spiro atoms. The summed E-state index contributed by atoms with van der Waals surface area (Å²) in [4.78, 5) is 0. The van der Waals surface area contributed by atoms with E-state index < -0.39 is 0 Å². The van der Waals surface area contributed by atoms with Gasteiger partial charge in [0.2, 0.25) is 0 Å². The van der Waals surface area contributed by atoms with E-state index in [0.29, 0.717) is 0 Å². The average Bonchev–Trinajstić information content (AvgIpc) is 2.19. The van der Waals surface area contributed by atoms with Crippen LogP contribution in [0.1, 0.15) is 5.56 Å². The van der Waals surface area contributed by atoms with Gasteiger partial charge in [-0.15, -0.1) is 19.0 Å². The first kappa shape index (κ1) is 14.3. The van der Waals surface area contributed by atoms with Gasteiger partial charge < -0.3 is 10.1 Å². The number of methoxy groups -OCH3 is 1. The van der Waals surface area contributed by atoms with Crippen LogP contribution in [0.25, 0.3) is 0 Å². The van der Waals surface area contributed by atoms with Gasteiger partial charge in [-0.25, -0.2) is 0 Å². The molecule has 0 aromatic heterocycles. The molecular formula is C11H15Cl2NO. The highest BCUT2D eigenvalue weighted by Crippen LogP contribution is 2.22. The first-order valence-corrected chi connectivity index (χ1v) is 4.79. The molecule has 1 aromatic rings. The summed E-state index contributed by atoms with van der Waals surface area (Å²) in [7, 11) is 1.65.